The number of sulfonamides is 1. The number of hydrogen-bond donors (Lipinski definition) is 0. The molecule has 0 aliphatic carbocycles. The Hall–Kier alpha value is -0.730. The maximum Gasteiger partial charge on any atom is 0.390 e. The monoisotopic (exact) mass is 346 g/mol. The summed E-state index contributed by atoms with van der Waals surface area (Å²) in [5.74, 6) is 0.125. The molecule has 9 heteroatoms. The maximum absolute atomic E-state index is 12.3. The van der Waals surface area contributed by atoms with Crippen LogP contribution in [0.4, 0.5) is 13.2 Å². The molecule has 0 saturated carbocycles. The fourth-order valence-electron chi connectivity index (χ4n) is 1.81. The van der Waals surface area contributed by atoms with Gasteiger partial charge in [0.15, 0.2) is 0 Å². The predicted octanol–water partition coefficient (Wildman–Crippen LogP) is 3.38. The average molecular weight is 347 g/mol. The third kappa shape index (κ3) is 4.62. The van der Waals surface area contributed by atoms with Gasteiger partial charge >= 0.3 is 6.18 Å². The molecule has 0 aromatic carbocycles. The van der Waals surface area contributed by atoms with Gasteiger partial charge in [-0.2, -0.15) is 13.2 Å². The summed E-state index contributed by atoms with van der Waals surface area (Å²) in [6, 6.07) is 1.40. The first kappa shape index (κ1) is 18.3. The standard InChI is InChI=1S/C12H18ClF3N2O2S/c1-9(2)18-8-11(6-10(18)7-13)21(19,20)17(3)5-4-12(14,15)16/h6,8-9H,4-5,7H2,1-3H3. The second kappa shape index (κ2) is 6.58. The zero-order valence-corrected chi connectivity index (χ0v) is 13.6. The van der Waals surface area contributed by atoms with Crippen LogP contribution in [0.25, 0.3) is 0 Å². The minimum atomic E-state index is -4.39. The third-order valence-electron chi connectivity index (χ3n) is 3.02. The SMILES string of the molecule is CC(C)n1cc(S(=O)(=O)N(C)CCC(F)(F)F)cc1CCl. The summed E-state index contributed by atoms with van der Waals surface area (Å²) in [6.07, 6.45) is -4.17. The molecule has 0 spiro atoms. The van der Waals surface area contributed by atoms with Gasteiger partial charge in [-0.25, -0.2) is 12.7 Å². The molecule has 0 radical (unpaired) electrons. The summed E-state index contributed by atoms with van der Waals surface area (Å²) in [6.45, 7) is 3.11. The van der Waals surface area contributed by atoms with E-state index in [-0.39, 0.29) is 16.8 Å². The molecule has 0 aliphatic rings. The Morgan fingerprint density at radius 2 is 1.95 bits per heavy atom. The highest BCUT2D eigenvalue weighted by molar-refractivity contribution is 7.89. The van der Waals surface area contributed by atoms with Crippen molar-refractivity contribution in [2.45, 2.75) is 43.3 Å². The lowest BCUT2D eigenvalue weighted by atomic mass is 10.4. The Labute approximate surface area is 127 Å². The van der Waals surface area contributed by atoms with Gasteiger partial charge < -0.3 is 4.57 Å². The van der Waals surface area contributed by atoms with Crippen molar-refractivity contribution in [3.05, 3.63) is 18.0 Å². The Morgan fingerprint density at radius 3 is 2.33 bits per heavy atom. The molecule has 122 valence electrons. The normalized spacial score (nSPS) is 13.4. The molecule has 1 heterocycles. The molecule has 0 fully saturated rings. The lowest BCUT2D eigenvalue weighted by molar-refractivity contribution is -0.135. The first-order chi connectivity index (χ1) is 9.49. The zero-order valence-electron chi connectivity index (χ0n) is 12.0. The first-order valence-electron chi connectivity index (χ1n) is 6.29. The van der Waals surface area contributed by atoms with Gasteiger partial charge in [0.05, 0.1) is 12.3 Å². The van der Waals surface area contributed by atoms with E-state index in [0.29, 0.717) is 10.00 Å². The van der Waals surface area contributed by atoms with Crippen molar-refractivity contribution < 1.29 is 21.6 Å². The van der Waals surface area contributed by atoms with Crippen LogP contribution in [-0.4, -0.2) is 37.1 Å². The highest BCUT2D eigenvalue weighted by atomic mass is 35.5. The van der Waals surface area contributed by atoms with Gasteiger partial charge in [0.1, 0.15) is 4.90 Å². The Kier molecular flexibility index (Phi) is 5.74. The molecule has 21 heavy (non-hydrogen) atoms. The molecule has 4 nitrogen and oxygen atoms in total. The molecule has 0 aliphatic heterocycles. The van der Waals surface area contributed by atoms with Crippen molar-refractivity contribution >= 4 is 21.6 Å². The Bertz CT molecular complexity index is 582. The smallest absolute Gasteiger partial charge is 0.346 e. The topological polar surface area (TPSA) is 42.3 Å². The molecule has 0 bridgehead atoms. The van der Waals surface area contributed by atoms with Crippen LogP contribution in [0.5, 0.6) is 0 Å². The van der Waals surface area contributed by atoms with Crippen LogP contribution in [0.2, 0.25) is 0 Å². The summed E-state index contributed by atoms with van der Waals surface area (Å²) in [4.78, 5) is -0.0449. The minimum absolute atomic E-state index is 0.00295. The molecule has 0 saturated heterocycles. The van der Waals surface area contributed by atoms with Crippen molar-refractivity contribution in [1.29, 1.82) is 0 Å². The largest absolute Gasteiger partial charge is 0.390 e. The van der Waals surface area contributed by atoms with Gasteiger partial charge in [0, 0.05) is 31.5 Å². The number of rotatable bonds is 6. The molecule has 1 rings (SSSR count). The Balaban J connectivity index is 3.02. The molecule has 0 unspecified atom stereocenters. The van der Waals surface area contributed by atoms with Crippen molar-refractivity contribution in [3.8, 4) is 0 Å². The van der Waals surface area contributed by atoms with Gasteiger partial charge in [0.2, 0.25) is 10.0 Å². The maximum atomic E-state index is 12.3. The quantitative estimate of drug-likeness (QED) is 0.741. The number of hydrogen-bond acceptors (Lipinski definition) is 2. The van der Waals surface area contributed by atoms with E-state index in [0.717, 1.165) is 7.05 Å². The highest BCUT2D eigenvalue weighted by Crippen LogP contribution is 2.25. The van der Waals surface area contributed by atoms with Crippen LogP contribution >= 0.6 is 11.6 Å². The molecule has 0 amide bonds. The summed E-state index contributed by atoms with van der Waals surface area (Å²) in [7, 11) is -2.82. The van der Waals surface area contributed by atoms with Crippen LogP contribution < -0.4 is 0 Å². The fourth-order valence-corrected chi connectivity index (χ4v) is 3.25. The fraction of sp³-hybridized carbons (Fsp3) is 0.667. The van der Waals surface area contributed by atoms with Gasteiger partial charge in [-0.1, -0.05) is 0 Å². The van der Waals surface area contributed by atoms with Gasteiger partial charge in [-0.3, -0.25) is 0 Å². The van der Waals surface area contributed by atoms with Crippen LogP contribution in [0, 0.1) is 0 Å². The lowest BCUT2D eigenvalue weighted by Crippen LogP contribution is -2.30. The van der Waals surface area contributed by atoms with Gasteiger partial charge in [-0.05, 0) is 19.9 Å². The zero-order chi connectivity index (χ0) is 16.4. The van der Waals surface area contributed by atoms with E-state index < -0.39 is 29.2 Å². The summed E-state index contributed by atoms with van der Waals surface area (Å²) in [5.41, 5.74) is 0.606. The van der Waals surface area contributed by atoms with Crippen molar-refractivity contribution in [1.82, 2.24) is 8.87 Å². The molecule has 1 aromatic rings. The second-order valence-electron chi connectivity index (χ2n) is 4.99. The van der Waals surface area contributed by atoms with Crippen LogP contribution in [-0.2, 0) is 15.9 Å². The molecule has 0 N–H and O–H groups in total. The van der Waals surface area contributed by atoms with E-state index in [9.17, 15) is 21.6 Å². The third-order valence-corrected chi connectivity index (χ3v) is 5.11. The highest BCUT2D eigenvalue weighted by Gasteiger charge is 2.31. The van der Waals surface area contributed by atoms with Crippen LogP contribution in [0.1, 0.15) is 32.0 Å². The van der Waals surface area contributed by atoms with E-state index in [1.54, 1.807) is 4.57 Å². The van der Waals surface area contributed by atoms with E-state index >= 15 is 0 Å². The van der Waals surface area contributed by atoms with Gasteiger partial charge in [-0.15, -0.1) is 11.6 Å². The number of nitrogens with zero attached hydrogens (tertiary/aromatic N) is 2. The molecular weight excluding hydrogens is 329 g/mol. The summed E-state index contributed by atoms with van der Waals surface area (Å²) in [5, 5.41) is 0. The summed E-state index contributed by atoms with van der Waals surface area (Å²) < 4.78 is 63.5. The van der Waals surface area contributed by atoms with Crippen molar-refractivity contribution in [2.75, 3.05) is 13.6 Å². The second-order valence-corrected chi connectivity index (χ2v) is 7.31. The van der Waals surface area contributed by atoms with Crippen molar-refractivity contribution in [2.24, 2.45) is 0 Å². The molecular formula is C12H18ClF3N2O2S. The number of halogens is 4. The van der Waals surface area contributed by atoms with Crippen LogP contribution in [0.3, 0.4) is 0 Å². The summed E-state index contributed by atoms with van der Waals surface area (Å²) >= 11 is 5.76. The average Bonchev–Trinajstić information content (AvgIpc) is 2.79. The van der Waals surface area contributed by atoms with Gasteiger partial charge in [0.25, 0.3) is 0 Å². The lowest BCUT2D eigenvalue weighted by Gasteiger charge is -2.17. The predicted molar refractivity (Wildman–Crippen MR) is 74.9 cm³/mol. The minimum Gasteiger partial charge on any atom is -0.346 e. The Morgan fingerprint density at radius 1 is 1.38 bits per heavy atom. The first-order valence-corrected chi connectivity index (χ1v) is 8.26. The van der Waals surface area contributed by atoms with E-state index in [4.69, 9.17) is 11.6 Å². The van der Waals surface area contributed by atoms with E-state index in [2.05, 4.69) is 0 Å². The van der Waals surface area contributed by atoms with Crippen molar-refractivity contribution in [3.63, 3.8) is 0 Å². The number of alkyl halides is 4. The van der Waals surface area contributed by atoms with E-state index in [1.807, 2.05) is 13.8 Å². The molecule has 0 atom stereocenters. The van der Waals surface area contributed by atoms with Crippen LogP contribution in [0.15, 0.2) is 17.2 Å². The molecule has 1 aromatic heterocycles. The number of aromatic nitrogens is 1. The van der Waals surface area contributed by atoms with E-state index in [1.165, 1.54) is 12.3 Å².